The Morgan fingerprint density at radius 2 is 1.65 bits per heavy atom. The number of halogens is 6. The van der Waals surface area contributed by atoms with Crippen molar-refractivity contribution in [2.75, 3.05) is 6.61 Å². The van der Waals surface area contributed by atoms with Crippen molar-refractivity contribution in [2.24, 2.45) is 0 Å². The predicted octanol–water partition coefficient (Wildman–Crippen LogP) is 4.21. The van der Waals surface area contributed by atoms with Crippen molar-refractivity contribution in [3.05, 3.63) is 34.4 Å². The summed E-state index contributed by atoms with van der Waals surface area (Å²) in [5.74, 6) is -1.64. The van der Waals surface area contributed by atoms with Crippen LogP contribution in [0.3, 0.4) is 0 Å². The largest absolute Gasteiger partial charge is 0.462 e. The highest BCUT2D eigenvalue weighted by molar-refractivity contribution is 5.93. The maximum Gasteiger partial charge on any atom is 0.417 e. The molecule has 0 fully saturated rings. The van der Waals surface area contributed by atoms with E-state index in [1.54, 1.807) is 0 Å². The minimum absolute atomic E-state index is 0.332. The van der Waals surface area contributed by atoms with E-state index in [2.05, 4.69) is 4.74 Å². The van der Waals surface area contributed by atoms with Gasteiger partial charge >= 0.3 is 18.3 Å². The molecule has 0 radical (unpaired) electrons. The van der Waals surface area contributed by atoms with Gasteiger partial charge in [0.25, 0.3) is 0 Å². The van der Waals surface area contributed by atoms with Crippen LogP contribution >= 0.6 is 0 Å². The van der Waals surface area contributed by atoms with Crippen molar-refractivity contribution < 1.29 is 35.9 Å². The molecule has 0 aromatic heterocycles. The molecule has 0 unspecified atom stereocenters. The lowest BCUT2D eigenvalue weighted by Gasteiger charge is -2.19. The highest BCUT2D eigenvalue weighted by Gasteiger charge is 2.44. The number of hydrogen-bond acceptors (Lipinski definition) is 2. The number of esters is 1. The van der Waals surface area contributed by atoms with Gasteiger partial charge < -0.3 is 4.74 Å². The second kappa shape index (κ2) is 5.34. The summed E-state index contributed by atoms with van der Waals surface area (Å²) >= 11 is 0. The molecule has 20 heavy (non-hydrogen) atoms. The third kappa shape index (κ3) is 3.23. The first-order valence-corrected chi connectivity index (χ1v) is 5.45. The monoisotopic (exact) mass is 300 g/mol. The first kappa shape index (κ1) is 16.3. The van der Waals surface area contributed by atoms with Gasteiger partial charge in [-0.1, -0.05) is 6.07 Å². The summed E-state index contributed by atoms with van der Waals surface area (Å²) in [6.45, 7) is 1.93. The van der Waals surface area contributed by atoms with Crippen LogP contribution < -0.4 is 0 Å². The molecular weight excluding hydrogens is 290 g/mol. The van der Waals surface area contributed by atoms with Crippen LogP contribution in [-0.2, 0) is 17.1 Å². The summed E-state index contributed by atoms with van der Waals surface area (Å²) in [5.41, 5.74) is -5.25. The van der Waals surface area contributed by atoms with Gasteiger partial charge in [-0.15, -0.1) is 0 Å². The fourth-order valence-corrected chi connectivity index (χ4v) is 1.72. The minimum atomic E-state index is -5.09. The van der Waals surface area contributed by atoms with E-state index >= 15 is 0 Å². The Morgan fingerprint density at radius 1 is 1.10 bits per heavy atom. The number of ether oxygens (including phenoxy) is 1. The number of carbonyl (C=O) groups is 1. The fourth-order valence-electron chi connectivity index (χ4n) is 1.72. The van der Waals surface area contributed by atoms with Gasteiger partial charge in [-0.2, -0.15) is 26.3 Å². The Kier molecular flexibility index (Phi) is 4.36. The summed E-state index contributed by atoms with van der Waals surface area (Å²) in [6.07, 6.45) is -10.2. The highest BCUT2D eigenvalue weighted by atomic mass is 19.4. The molecule has 0 bridgehead atoms. The molecule has 0 aliphatic rings. The standard InChI is InChI=1S/C12H10F6O2/c1-3-20-10(19)8-7(11(13,14)15)5-4-6(2)9(8)12(16,17)18/h4-5H,3H2,1-2H3. The minimum Gasteiger partial charge on any atom is -0.462 e. The number of carbonyl (C=O) groups excluding carboxylic acids is 1. The summed E-state index contributed by atoms with van der Waals surface area (Å²) in [4.78, 5) is 11.5. The van der Waals surface area contributed by atoms with Crippen LogP contribution in [0.25, 0.3) is 0 Å². The molecule has 112 valence electrons. The van der Waals surface area contributed by atoms with Gasteiger partial charge in [0, 0.05) is 0 Å². The van der Waals surface area contributed by atoms with Gasteiger partial charge in [0.2, 0.25) is 0 Å². The van der Waals surface area contributed by atoms with E-state index < -0.39 is 40.6 Å². The van der Waals surface area contributed by atoms with E-state index in [-0.39, 0.29) is 6.61 Å². The van der Waals surface area contributed by atoms with Crippen LogP contribution in [0.15, 0.2) is 12.1 Å². The Hall–Kier alpha value is -1.73. The second-order valence-electron chi connectivity index (χ2n) is 3.90. The van der Waals surface area contributed by atoms with E-state index in [9.17, 15) is 31.1 Å². The van der Waals surface area contributed by atoms with Crippen molar-refractivity contribution >= 4 is 5.97 Å². The van der Waals surface area contributed by atoms with Crippen LogP contribution in [0.1, 0.15) is 34.0 Å². The molecule has 0 aliphatic heterocycles. The molecule has 0 atom stereocenters. The third-order valence-electron chi connectivity index (χ3n) is 2.48. The van der Waals surface area contributed by atoms with Crippen molar-refractivity contribution in [1.29, 1.82) is 0 Å². The predicted molar refractivity (Wildman–Crippen MR) is 57.1 cm³/mol. The Balaban J connectivity index is 3.70. The first-order chi connectivity index (χ1) is 9.00. The number of rotatable bonds is 2. The number of benzene rings is 1. The van der Waals surface area contributed by atoms with Gasteiger partial charge in [-0.3, -0.25) is 0 Å². The molecule has 0 heterocycles. The molecule has 1 aromatic rings. The molecule has 0 amide bonds. The van der Waals surface area contributed by atoms with Crippen molar-refractivity contribution in [3.8, 4) is 0 Å². The molecule has 1 aromatic carbocycles. The van der Waals surface area contributed by atoms with Gasteiger partial charge in [-0.25, -0.2) is 4.79 Å². The first-order valence-electron chi connectivity index (χ1n) is 5.45. The maximum atomic E-state index is 12.9. The average Bonchev–Trinajstić information content (AvgIpc) is 2.25. The average molecular weight is 300 g/mol. The summed E-state index contributed by atoms with van der Waals surface area (Å²) < 4.78 is 81.3. The second-order valence-corrected chi connectivity index (χ2v) is 3.90. The fraction of sp³-hybridized carbons (Fsp3) is 0.417. The summed E-state index contributed by atoms with van der Waals surface area (Å²) in [7, 11) is 0. The van der Waals surface area contributed by atoms with Gasteiger partial charge in [0.05, 0.1) is 23.3 Å². The van der Waals surface area contributed by atoms with E-state index in [0.717, 1.165) is 6.92 Å². The van der Waals surface area contributed by atoms with Crippen molar-refractivity contribution in [1.82, 2.24) is 0 Å². The Bertz CT molecular complexity index is 516. The molecule has 0 aliphatic carbocycles. The van der Waals surface area contributed by atoms with Crippen LogP contribution in [0.2, 0.25) is 0 Å². The van der Waals surface area contributed by atoms with E-state index in [0.29, 0.717) is 12.1 Å². The molecule has 0 spiro atoms. The van der Waals surface area contributed by atoms with Crippen molar-refractivity contribution in [3.63, 3.8) is 0 Å². The zero-order valence-corrected chi connectivity index (χ0v) is 10.4. The van der Waals surface area contributed by atoms with Crippen LogP contribution in [0.5, 0.6) is 0 Å². The molecule has 0 saturated heterocycles. The lowest BCUT2D eigenvalue weighted by molar-refractivity contribution is -0.144. The normalized spacial score (nSPS) is 12.4. The van der Waals surface area contributed by atoms with E-state index in [1.165, 1.54) is 6.92 Å². The van der Waals surface area contributed by atoms with E-state index in [1.807, 2.05) is 0 Å². The van der Waals surface area contributed by atoms with Crippen LogP contribution in [-0.4, -0.2) is 12.6 Å². The SMILES string of the molecule is CCOC(=O)c1c(C(F)(F)F)ccc(C)c1C(F)(F)F. The Morgan fingerprint density at radius 3 is 2.05 bits per heavy atom. The quantitative estimate of drug-likeness (QED) is 0.604. The molecule has 0 saturated carbocycles. The molecular formula is C12H10F6O2. The zero-order valence-electron chi connectivity index (χ0n) is 10.4. The summed E-state index contributed by atoms with van der Waals surface area (Å²) in [6, 6.07) is 1.12. The van der Waals surface area contributed by atoms with Crippen molar-refractivity contribution in [2.45, 2.75) is 26.2 Å². The summed E-state index contributed by atoms with van der Waals surface area (Å²) in [5, 5.41) is 0. The smallest absolute Gasteiger partial charge is 0.417 e. The molecule has 8 heteroatoms. The van der Waals surface area contributed by atoms with Gasteiger partial charge in [0.1, 0.15) is 0 Å². The van der Waals surface area contributed by atoms with Crippen LogP contribution in [0, 0.1) is 6.92 Å². The lowest BCUT2D eigenvalue weighted by Crippen LogP contribution is -2.22. The molecule has 0 N–H and O–H groups in total. The van der Waals surface area contributed by atoms with Crippen LogP contribution in [0.4, 0.5) is 26.3 Å². The van der Waals surface area contributed by atoms with Gasteiger partial charge in [0.15, 0.2) is 0 Å². The lowest BCUT2D eigenvalue weighted by atomic mass is 9.95. The zero-order chi connectivity index (χ0) is 15.7. The molecule has 2 nitrogen and oxygen atoms in total. The number of alkyl halides is 6. The van der Waals surface area contributed by atoms with Gasteiger partial charge in [-0.05, 0) is 25.5 Å². The molecule has 1 rings (SSSR count). The van der Waals surface area contributed by atoms with E-state index in [4.69, 9.17) is 0 Å². The maximum absolute atomic E-state index is 12.9. The number of hydrogen-bond donors (Lipinski definition) is 0. The number of aryl methyl sites for hydroxylation is 1. The topological polar surface area (TPSA) is 26.3 Å². The highest BCUT2D eigenvalue weighted by Crippen LogP contribution is 2.41. The Labute approximate surface area is 110 Å². The third-order valence-corrected chi connectivity index (χ3v) is 2.48.